The molecule has 0 saturated heterocycles. The molecule has 2 rings (SSSR count). The molecule has 0 fully saturated rings. The normalized spacial score (nSPS) is 12.7. The van der Waals surface area contributed by atoms with Gasteiger partial charge in [-0.25, -0.2) is 9.37 Å². The Balaban J connectivity index is 2.36. The van der Waals surface area contributed by atoms with Crippen molar-refractivity contribution >= 4 is 11.3 Å². The van der Waals surface area contributed by atoms with Crippen LogP contribution < -0.4 is 5.73 Å². The molecule has 0 radical (unpaired) electrons. The van der Waals surface area contributed by atoms with Crippen molar-refractivity contribution in [3.8, 4) is 0 Å². The van der Waals surface area contributed by atoms with Gasteiger partial charge in [-0.3, -0.25) is 0 Å². The number of aromatic nitrogens is 1. The maximum atomic E-state index is 12.9. The summed E-state index contributed by atoms with van der Waals surface area (Å²) in [5.41, 5.74) is 7.87. The number of halogens is 1. The van der Waals surface area contributed by atoms with Crippen molar-refractivity contribution in [2.75, 3.05) is 6.54 Å². The minimum Gasteiger partial charge on any atom is -0.329 e. The van der Waals surface area contributed by atoms with E-state index < -0.39 is 0 Å². The first-order valence-electron chi connectivity index (χ1n) is 5.51. The van der Waals surface area contributed by atoms with Gasteiger partial charge in [-0.2, -0.15) is 0 Å². The average Bonchev–Trinajstić information content (AvgIpc) is 2.63. The summed E-state index contributed by atoms with van der Waals surface area (Å²) in [6.45, 7) is 4.53. The largest absolute Gasteiger partial charge is 0.329 e. The van der Waals surface area contributed by atoms with E-state index in [1.54, 1.807) is 23.5 Å². The quantitative estimate of drug-likeness (QED) is 0.909. The zero-order valence-electron chi connectivity index (χ0n) is 9.90. The van der Waals surface area contributed by atoms with Crippen molar-refractivity contribution in [3.63, 3.8) is 0 Å². The fourth-order valence-electron chi connectivity index (χ4n) is 1.72. The summed E-state index contributed by atoms with van der Waals surface area (Å²) in [5, 5.41) is 1.01. The maximum Gasteiger partial charge on any atom is 0.123 e. The van der Waals surface area contributed by atoms with Crippen LogP contribution in [0.4, 0.5) is 4.39 Å². The molecule has 0 aliphatic heterocycles. The van der Waals surface area contributed by atoms with Crippen LogP contribution in [0.25, 0.3) is 0 Å². The fraction of sp³-hybridized carbons (Fsp3) is 0.308. The van der Waals surface area contributed by atoms with Gasteiger partial charge in [0.2, 0.25) is 0 Å². The van der Waals surface area contributed by atoms with E-state index in [2.05, 4.69) is 11.9 Å². The van der Waals surface area contributed by atoms with Gasteiger partial charge in [0.05, 0.1) is 5.69 Å². The molecular weight excluding hydrogens is 235 g/mol. The van der Waals surface area contributed by atoms with Crippen LogP contribution in [0.15, 0.2) is 24.3 Å². The van der Waals surface area contributed by atoms with Gasteiger partial charge in [-0.15, -0.1) is 11.3 Å². The molecule has 2 aromatic rings. The maximum absolute atomic E-state index is 12.9. The summed E-state index contributed by atoms with van der Waals surface area (Å²) in [4.78, 5) is 5.73. The molecule has 1 aromatic carbocycles. The lowest BCUT2D eigenvalue weighted by molar-refractivity contribution is 0.626. The highest BCUT2D eigenvalue weighted by Crippen LogP contribution is 2.29. The lowest BCUT2D eigenvalue weighted by Crippen LogP contribution is -2.13. The number of aryl methyl sites for hydroxylation is 2. The van der Waals surface area contributed by atoms with E-state index in [4.69, 9.17) is 5.73 Å². The van der Waals surface area contributed by atoms with Gasteiger partial charge in [0, 0.05) is 17.3 Å². The van der Waals surface area contributed by atoms with E-state index in [0.717, 1.165) is 16.3 Å². The molecule has 1 aromatic heterocycles. The number of nitrogens with zero attached hydrogens (tertiary/aromatic N) is 1. The molecule has 2 N–H and O–H groups in total. The summed E-state index contributed by atoms with van der Waals surface area (Å²) in [6, 6.07) is 6.48. The van der Waals surface area contributed by atoms with Crippen LogP contribution in [0.5, 0.6) is 0 Å². The Hall–Kier alpha value is -1.26. The van der Waals surface area contributed by atoms with Gasteiger partial charge in [-0.05, 0) is 31.5 Å². The highest BCUT2D eigenvalue weighted by atomic mass is 32.1. The number of hydrogen-bond donors (Lipinski definition) is 1. The van der Waals surface area contributed by atoms with Crippen molar-refractivity contribution in [1.82, 2.24) is 4.98 Å². The topological polar surface area (TPSA) is 38.9 Å². The van der Waals surface area contributed by atoms with Gasteiger partial charge >= 0.3 is 0 Å². The summed E-state index contributed by atoms with van der Waals surface area (Å²) < 4.78 is 12.9. The third kappa shape index (κ3) is 2.53. The second kappa shape index (κ2) is 4.94. The van der Waals surface area contributed by atoms with E-state index in [0.29, 0.717) is 6.54 Å². The van der Waals surface area contributed by atoms with Crippen LogP contribution in [0.1, 0.15) is 27.1 Å². The number of nitrogens with two attached hydrogens (primary N) is 1. The first-order chi connectivity index (χ1) is 8.11. The number of thiazole rings is 1. The number of benzene rings is 1. The Morgan fingerprint density at radius 3 is 2.41 bits per heavy atom. The zero-order chi connectivity index (χ0) is 12.4. The lowest BCUT2D eigenvalue weighted by atomic mass is 10.00. The van der Waals surface area contributed by atoms with Gasteiger partial charge < -0.3 is 5.73 Å². The third-order valence-electron chi connectivity index (χ3n) is 2.85. The van der Waals surface area contributed by atoms with Crippen LogP contribution in [-0.2, 0) is 0 Å². The van der Waals surface area contributed by atoms with E-state index >= 15 is 0 Å². The third-order valence-corrected chi connectivity index (χ3v) is 4.04. The van der Waals surface area contributed by atoms with Crippen LogP contribution in [-0.4, -0.2) is 11.5 Å². The molecule has 0 bridgehead atoms. The second-order valence-corrected chi connectivity index (χ2v) is 5.27. The second-order valence-electron chi connectivity index (χ2n) is 4.03. The zero-order valence-corrected chi connectivity index (χ0v) is 10.7. The minimum absolute atomic E-state index is 0.0630. The van der Waals surface area contributed by atoms with Crippen molar-refractivity contribution < 1.29 is 4.39 Å². The monoisotopic (exact) mass is 250 g/mol. The van der Waals surface area contributed by atoms with E-state index in [1.165, 1.54) is 17.0 Å². The molecule has 1 heterocycles. The molecule has 1 unspecified atom stereocenters. The molecule has 2 nitrogen and oxygen atoms in total. The number of hydrogen-bond acceptors (Lipinski definition) is 3. The molecule has 17 heavy (non-hydrogen) atoms. The Kier molecular flexibility index (Phi) is 3.54. The van der Waals surface area contributed by atoms with Gasteiger partial charge in [0.1, 0.15) is 10.8 Å². The predicted octanol–water partition coefficient (Wildman–Crippen LogP) is 2.99. The first-order valence-corrected chi connectivity index (χ1v) is 6.33. The summed E-state index contributed by atoms with van der Waals surface area (Å²) in [6.07, 6.45) is 0. The minimum atomic E-state index is -0.226. The standard InChI is InChI=1S/C13H15FN2S/c1-8-9(2)17-13(16-8)12(7-15)10-3-5-11(14)6-4-10/h3-6,12H,7,15H2,1-2H3. The SMILES string of the molecule is Cc1nc(C(CN)c2ccc(F)cc2)sc1C. The highest BCUT2D eigenvalue weighted by Gasteiger charge is 2.17. The van der Waals surface area contributed by atoms with Crippen molar-refractivity contribution in [2.24, 2.45) is 5.73 Å². The van der Waals surface area contributed by atoms with Crippen LogP contribution >= 0.6 is 11.3 Å². The van der Waals surface area contributed by atoms with Gasteiger partial charge in [0.15, 0.2) is 0 Å². The van der Waals surface area contributed by atoms with E-state index in [-0.39, 0.29) is 11.7 Å². The van der Waals surface area contributed by atoms with Crippen molar-refractivity contribution in [2.45, 2.75) is 19.8 Å². The predicted molar refractivity (Wildman–Crippen MR) is 68.9 cm³/mol. The van der Waals surface area contributed by atoms with E-state index in [9.17, 15) is 4.39 Å². The lowest BCUT2D eigenvalue weighted by Gasteiger charge is -2.12. The Labute approximate surface area is 104 Å². The molecule has 0 amide bonds. The Bertz CT molecular complexity index is 485. The average molecular weight is 250 g/mol. The molecule has 0 aliphatic rings. The van der Waals surface area contributed by atoms with Crippen molar-refractivity contribution in [1.29, 1.82) is 0 Å². The first kappa shape index (κ1) is 12.2. The van der Waals surface area contributed by atoms with Crippen molar-refractivity contribution in [3.05, 3.63) is 51.2 Å². The summed E-state index contributed by atoms with van der Waals surface area (Å²) >= 11 is 1.66. The Morgan fingerprint density at radius 1 is 1.29 bits per heavy atom. The summed E-state index contributed by atoms with van der Waals surface area (Å²) in [7, 11) is 0. The molecule has 90 valence electrons. The van der Waals surface area contributed by atoms with Gasteiger partial charge in [0.25, 0.3) is 0 Å². The molecule has 0 saturated carbocycles. The smallest absolute Gasteiger partial charge is 0.123 e. The van der Waals surface area contributed by atoms with Crippen LogP contribution in [0, 0.1) is 19.7 Å². The highest BCUT2D eigenvalue weighted by molar-refractivity contribution is 7.11. The van der Waals surface area contributed by atoms with Crippen LogP contribution in [0.3, 0.4) is 0 Å². The van der Waals surface area contributed by atoms with E-state index in [1.807, 2.05) is 6.92 Å². The van der Waals surface area contributed by atoms with Gasteiger partial charge in [-0.1, -0.05) is 12.1 Å². The molecule has 4 heteroatoms. The molecule has 0 spiro atoms. The number of rotatable bonds is 3. The molecule has 0 aliphatic carbocycles. The Morgan fingerprint density at radius 2 is 1.94 bits per heavy atom. The molecular formula is C13H15FN2S. The fourth-order valence-corrected chi connectivity index (χ4v) is 2.79. The van der Waals surface area contributed by atoms with Crippen LogP contribution in [0.2, 0.25) is 0 Å². The molecule has 1 atom stereocenters. The summed E-state index contributed by atoms with van der Waals surface area (Å²) in [5.74, 6) is -0.163.